The van der Waals surface area contributed by atoms with Crippen molar-refractivity contribution in [3.05, 3.63) is 0 Å². The van der Waals surface area contributed by atoms with Gasteiger partial charge < -0.3 is 10.2 Å². The van der Waals surface area contributed by atoms with Crippen molar-refractivity contribution in [3.8, 4) is 0 Å². The van der Waals surface area contributed by atoms with Crippen LogP contribution < -0.4 is 0 Å². The Kier molecular flexibility index (Phi) is 5.65. The number of hydrogen-bond donors (Lipinski definition) is 2. The van der Waals surface area contributed by atoms with Crippen LogP contribution in [0.5, 0.6) is 0 Å². The smallest absolute Gasteiger partial charge is 0.303 e. The molecule has 1 aliphatic heterocycles. The lowest BCUT2D eigenvalue weighted by atomic mass is 10.1. The minimum Gasteiger partial charge on any atom is -0.481 e. The summed E-state index contributed by atoms with van der Waals surface area (Å²) >= 11 is 0. The molecule has 0 aromatic carbocycles. The van der Waals surface area contributed by atoms with Gasteiger partial charge in [0.1, 0.15) is 0 Å². The molecule has 15 heavy (non-hydrogen) atoms. The number of carbonyl (C=O) groups is 1. The first-order valence-corrected chi connectivity index (χ1v) is 5.80. The molecular weight excluding hydrogens is 194 g/mol. The highest BCUT2D eigenvalue weighted by atomic mass is 16.4. The van der Waals surface area contributed by atoms with Gasteiger partial charge in [0.15, 0.2) is 0 Å². The minimum absolute atomic E-state index is 0.201. The van der Waals surface area contributed by atoms with E-state index in [-0.39, 0.29) is 19.1 Å². The van der Waals surface area contributed by atoms with Crippen molar-refractivity contribution < 1.29 is 15.0 Å². The van der Waals surface area contributed by atoms with E-state index in [4.69, 9.17) is 5.11 Å². The fourth-order valence-corrected chi connectivity index (χ4v) is 2.17. The molecular formula is C11H21NO3. The van der Waals surface area contributed by atoms with Gasteiger partial charge in [-0.15, -0.1) is 0 Å². The SMILES string of the molecule is O=C(O)CCCN1CCCCCC1CO. The van der Waals surface area contributed by atoms with Gasteiger partial charge in [0.05, 0.1) is 6.61 Å². The lowest BCUT2D eigenvalue weighted by Gasteiger charge is -2.28. The predicted molar refractivity (Wildman–Crippen MR) is 57.8 cm³/mol. The van der Waals surface area contributed by atoms with Crippen molar-refractivity contribution in [1.29, 1.82) is 0 Å². The number of nitrogens with zero attached hydrogens (tertiary/aromatic N) is 1. The van der Waals surface area contributed by atoms with Crippen LogP contribution in [0.25, 0.3) is 0 Å². The Morgan fingerprint density at radius 3 is 2.80 bits per heavy atom. The highest BCUT2D eigenvalue weighted by Gasteiger charge is 2.19. The molecule has 4 nitrogen and oxygen atoms in total. The Bertz CT molecular complexity index is 196. The van der Waals surface area contributed by atoms with E-state index in [1.54, 1.807) is 0 Å². The molecule has 1 heterocycles. The molecule has 88 valence electrons. The molecule has 4 heteroatoms. The quantitative estimate of drug-likeness (QED) is 0.720. The largest absolute Gasteiger partial charge is 0.481 e. The molecule has 0 bridgehead atoms. The second-order valence-corrected chi connectivity index (χ2v) is 4.22. The van der Waals surface area contributed by atoms with Gasteiger partial charge in [-0.25, -0.2) is 0 Å². The van der Waals surface area contributed by atoms with Crippen LogP contribution in [0.3, 0.4) is 0 Å². The van der Waals surface area contributed by atoms with Crippen LogP contribution in [0.15, 0.2) is 0 Å². The Balaban J connectivity index is 2.31. The van der Waals surface area contributed by atoms with Gasteiger partial charge in [-0.2, -0.15) is 0 Å². The molecule has 0 aromatic rings. The maximum atomic E-state index is 10.4. The van der Waals surface area contributed by atoms with Crippen LogP contribution in [0, 0.1) is 0 Å². The van der Waals surface area contributed by atoms with Gasteiger partial charge in [-0.05, 0) is 32.4 Å². The fraction of sp³-hybridized carbons (Fsp3) is 0.909. The Hall–Kier alpha value is -0.610. The highest BCUT2D eigenvalue weighted by molar-refractivity contribution is 5.66. The number of carboxylic acid groups (broad SMARTS) is 1. The summed E-state index contributed by atoms with van der Waals surface area (Å²) in [4.78, 5) is 12.6. The van der Waals surface area contributed by atoms with Gasteiger partial charge in [0, 0.05) is 12.5 Å². The first-order valence-electron chi connectivity index (χ1n) is 5.80. The zero-order valence-electron chi connectivity index (χ0n) is 9.19. The number of carboxylic acids is 1. The first-order chi connectivity index (χ1) is 7.24. The lowest BCUT2D eigenvalue weighted by Crippen LogP contribution is -2.38. The number of aliphatic hydroxyl groups is 1. The third-order valence-corrected chi connectivity index (χ3v) is 3.05. The summed E-state index contributed by atoms with van der Waals surface area (Å²) in [7, 11) is 0. The summed E-state index contributed by atoms with van der Waals surface area (Å²) in [5.74, 6) is -0.731. The average Bonchev–Trinajstić information content (AvgIpc) is 2.42. The third kappa shape index (κ3) is 4.62. The summed E-state index contributed by atoms with van der Waals surface area (Å²) < 4.78 is 0. The van der Waals surface area contributed by atoms with E-state index in [1.165, 1.54) is 19.3 Å². The van der Waals surface area contributed by atoms with Crippen LogP contribution in [0.1, 0.15) is 38.5 Å². The van der Waals surface area contributed by atoms with Gasteiger partial charge in [-0.1, -0.05) is 12.8 Å². The lowest BCUT2D eigenvalue weighted by molar-refractivity contribution is -0.137. The summed E-state index contributed by atoms with van der Waals surface area (Å²) in [5.41, 5.74) is 0. The Morgan fingerprint density at radius 2 is 2.13 bits per heavy atom. The molecule has 0 radical (unpaired) electrons. The van der Waals surface area contributed by atoms with E-state index < -0.39 is 5.97 Å². The van der Waals surface area contributed by atoms with Crippen LogP contribution >= 0.6 is 0 Å². The maximum absolute atomic E-state index is 10.4. The van der Waals surface area contributed by atoms with Crippen LogP contribution in [0.2, 0.25) is 0 Å². The monoisotopic (exact) mass is 215 g/mol. The van der Waals surface area contributed by atoms with Gasteiger partial charge in [0.25, 0.3) is 0 Å². The zero-order chi connectivity index (χ0) is 11.1. The summed E-state index contributed by atoms with van der Waals surface area (Å²) in [6, 6.07) is 0.251. The van der Waals surface area contributed by atoms with Gasteiger partial charge in [-0.3, -0.25) is 9.69 Å². The van der Waals surface area contributed by atoms with E-state index in [1.807, 2.05) is 0 Å². The molecule has 1 aliphatic rings. The van der Waals surface area contributed by atoms with E-state index in [9.17, 15) is 9.90 Å². The molecule has 0 spiro atoms. The van der Waals surface area contributed by atoms with Crippen molar-refractivity contribution in [2.75, 3.05) is 19.7 Å². The van der Waals surface area contributed by atoms with Gasteiger partial charge in [0.2, 0.25) is 0 Å². The molecule has 0 saturated carbocycles. The van der Waals surface area contributed by atoms with E-state index in [0.717, 1.165) is 19.5 Å². The van der Waals surface area contributed by atoms with Crippen LogP contribution in [-0.4, -0.2) is 46.8 Å². The number of aliphatic carboxylic acids is 1. The second kappa shape index (κ2) is 6.80. The molecule has 0 amide bonds. The average molecular weight is 215 g/mol. The summed E-state index contributed by atoms with van der Waals surface area (Å²) in [6.45, 7) is 2.01. The number of aliphatic hydroxyl groups excluding tert-OH is 1. The topological polar surface area (TPSA) is 60.8 Å². The molecule has 1 atom stereocenters. The standard InChI is InChI=1S/C11H21NO3/c13-9-10-5-2-1-3-7-12(10)8-4-6-11(14)15/h10,13H,1-9H2,(H,14,15). The zero-order valence-corrected chi connectivity index (χ0v) is 9.19. The van der Waals surface area contributed by atoms with Gasteiger partial charge >= 0.3 is 5.97 Å². The molecule has 1 saturated heterocycles. The minimum atomic E-state index is -0.731. The number of rotatable bonds is 5. The fourth-order valence-electron chi connectivity index (χ4n) is 2.17. The van der Waals surface area contributed by atoms with Crippen molar-refractivity contribution in [2.45, 2.75) is 44.6 Å². The molecule has 2 N–H and O–H groups in total. The molecule has 1 unspecified atom stereocenters. The first kappa shape index (κ1) is 12.5. The van der Waals surface area contributed by atoms with E-state index >= 15 is 0 Å². The summed E-state index contributed by atoms with van der Waals surface area (Å²) in [6.07, 6.45) is 5.54. The van der Waals surface area contributed by atoms with Crippen molar-refractivity contribution in [1.82, 2.24) is 4.90 Å². The van der Waals surface area contributed by atoms with Crippen LogP contribution in [-0.2, 0) is 4.79 Å². The van der Waals surface area contributed by atoms with E-state index in [2.05, 4.69) is 4.90 Å². The Morgan fingerprint density at radius 1 is 1.33 bits per heavy atom. The molecule has 0 aromatic heterocycles. The van der Waals surface area contributed by atoms with Crippen molar-refractivity contribution >= 4 is 5.97 Å². The normalized spacial score (nSPS) is 23.7. The molecule has 1 fully saturated rings. The van der Waals surface area contributed by atoms with Crippen LogP contribution in [0.4, 0.5) is 0 Å². The summed E-state index contributed by atoms with van der Waals surface area (Å²) in [5, 5.41) is 17.8. The van der Waals surface area contributed by atoms with Crippen molar-refractivity contribution in [2.24, 2.45) is 0 Å². The van der Waals surface area contributed by atoms with Crippen molar-refractivity contribution in [3.63, 3.8) is 0 Å². The van der Waals surface area contributed by atoms with E-state index in [0.29, 0.717) is 6.42 Å². The number of hydrogen-bond acceptors (Lipinski definition) is 3. The number of likely N-dealkylation sites (tertiary alicyclic amines) is 1. The predicted octanol–water partition coefficient (Wildman–Crippen LogP) is 1.09. The Labute approximate surface area is 90.9 Å². The maximum Gasteiger partial charge on any atom is 0.303 e. The third-order valence-electron chi connectivity index (χ3n) is 3.05. The molecule has 0 aliphatic carbocycles. The molecule has 1 rings (SSSR count). The highest BCUT2D eigenvalue weighted by Crippen LogP contribution is 2.16. The second-order valence-electron chi connectivity index (χ2n) is 4.22.